The predicted octanol–water partition coefficient (Wildman–Crippen LogP) is 1.10. The van der Waals surface area contributed by atoms with Gasteiger partial charge in [-0.05, 0) is 17.7 Å². The fourth-order valence-corrected chi connectivity index (χ4v) is 2.82. The molecule has 5 nitrogen and oxygen atoms in total. The summed E-state index contributed by atoms with van der Waals surface area (Å²) in [5.41, 5.74) is 0.496. The van der Waals surface area contributed by atoms with Crippen molar-refractivity contribution < 1.29 is 18.3 Å². The van der Waals surface area contributed by atoms with Gasteiger partial charge in [0.25, 0.3) is 0 Å². The Hall–Kier alpha value is -0.660. The molecule has 1 N–H and O–H groups in total. The van der Waals surface area contributed by atoms with E-state index in [0.717, 1.165) is 0 Å². The lowest BCUT2D eigenvalue weighted by Gasteiger charge is -2.17. The summed E-state index contributed by atoms with van der Waals surface area (Å²) in [5.74, 6) is 0. The van der Waals surface area contributed by atoms with Crippen molar-refractivity contribution in [3.63, 3.8) is 0 Å². The molecule has 0 saturated carbocycles. The number of aliphatic hydroxyl groups is 1. The van der Waals surface area contributed by atoms with Crippen molar-refractivity contribution in [3.8, 4) is 0 Å². The maximum Gasteiger partial charge on any atom is 0.242 e. The fourth-order valence-electron chi connectivity index (χ4n) is 1.34. The Bertz CT molecular complexity index is 504. The monoisotopic (exact) mass is 293 g/mol. The second-order valence-corrected chi connectivity index (χ2v) is 6.18. The number of hydrogen-bond acceptors (Lipinski definition) is 4. The molecule has 18 heavy (non-hydrogen) atoms. The zero-order chi connectivity index (χ0) is 13.8. The molecule has 0 atom stereocenters. The second-order valence-electron chi connectivity index (χ2n) is 3.73. The van der Waals surface area contributed by atoms with E-state index in [-0.39, 0.29) is 23.1 Å². The van der Waals surface area contributed by atoms with E-state index in [1.54, 1.807) is 0 Å². The highest BCUT2D eigenvalue weighted by Gasteiger charge is 2.21. The zero-order valence-corrected chi connectivity index (χ0v) is 11.8. The lowest BCUT2D eigenvalue weighted by molar-refractivity contribution is 0.185. The van der Waals surface area contributed by atoms with E-state index in [4.69, 9.17) is 21.4 Å². The molecular formula is C11H16ClNO4S. The van der Waals surface area contributed by atoms with Gasteiger partial charge >= 0.3 is 0 Å². The average Bonchev–Trinajstić information content (AvgIpc) is 2.35. The van der Waals surface area contributed by atoms with Crippen LogP contribution >= 0.6 is 11.6 Å². The van der Waals surface area contributed by atoms with Gasteiger partial charge in [-0.1, -0.05) is 17.7 Å². The van der Waals surface area contributed by atoms with Crippen LogP contribution in [0.3, 0.4) is 0 Å². The molecule has 0 saturated heterocycles. The lowest BCUT2D eigenvalue weighted by atomic mass is 10.2. The number of rotatable bonds is 6. The number of hydrogen-bond donors (Lipinski definition) is 1. The van der Waals surface area contributed by atoms with Gasteiger partial charge in [0, 0.05) is 25.7 Å². The number of likely N-dealkylation sites (N-methyl/N-ethyl adjacent to an activating group) is 1. The number of ether oxygens (including phenoxy) is 1. The van der Waals surface area contributed by atoms with E-state index in [1.165, 1.54) is 36.7 Å². The Morgan fingerprint density at radius 3 is 2.61 bits per heavy atom. The SMILES string of the molecule is COCCN(C)S(=O)(=O)c1ccc(CO)c(Cl)c1. The van der Waals surface area contributed by atoms with Gasteiger partial charge < -0.3 is 9.84 Å². The first-order valence-corrected chi connectivity index (χ1v) is 7.10. The molecule has 0 spiro atoms. The Morgan fingerprint density at radius 2 is 2.11 bits per heavy atom. The van der Waals surface area contributed by atoms with Crippen molar-refractivity contribution in [1.29, 1.82) is 0 Å². The van der Waals surface area contributed by atoms with Crippen LogP contribution in [0, 0.1) is 0 Å². The number of halogens is 1. The van der Waals surface area contributed by atoms with Crippen molar-refractivity contribution >= 4 is 21.6 Å². The van der Waals surface area contributed by atoms with E-state index in [0.29, 0.717) is 12.2 Å². The molecule has 0 bridgehead atoms. The van der Waals surface area contributed by atoms with Crippen LogP contribution in [-0.2, 0) is 21.4 Å². The van der Waals surface area contributed by atoms with Crippen LogP contribution in [-0.4, -0.2) is 45.1 Å². The molecule has 102 valence electrons. The normalized spacial score (nSPS) is 12.1. The second kappa shape index (κ2) is 6.49. The van der Waals surface area contributed by atoms with Crippen LogP contribution in [0.15, 0.2) is 23.1 Å². The molecule has 0 aromatic heterocycles. The first-order chi connectivity index (χ1) is 8.43. The largest absolute Gasteiger partial charge is 0.392 e. The van der Waals surface area contributed by atoms with E-state index in [1.807, 2.05) is 0 Å². The third kappa shape index (κ3) is 3.43. The highest BCUT2D eigenvalue weighted by atomic mass is 35.5. The third-order valence-electron chi connectivity index (χ3n) is 2.51. The molecule has 0 aliphatic heterocycles. The molecule has 0 heterocycles. The van der Waals surface area contributed by atoms with Gasteiger partial charge in [0.05, 0.1) is 18.1 Å². The van der Waals surface area contributed by atoms with Gasteiger partial charge in [0.1, 0.15) is 0 Å². The maximum atomic E-state index is 12.1. The zero-order valence-electron chi connectivity index (χ0n) is 10.3. The molecule has 0 fully saturated rings. The van der Waals surface area contributed by atoms with Crippen LogP contribution in [0.25, 0.3) is 0 Å². The number of aliphatic hydroxyl groups excluding tert-OH is 1. The van der Waals surface area contributed by atoms with Crippen LogP contribution in [0.2, 0.25) is 5.02 Å². The van der Waals surface area contributed by atoms with Crippen molar-refractivity contribution in [2.75, 3.05) is 27.3 Å². The van der Waals surface area contributed by atoms with Gasteiger partial charge in [-0.3, -0.25) is 0 Å². The molecule has 0 amide bonds. The van der Waals surface area contributed by atoms with E-state index >= 15 is 0 Å². The summed E-state index contributed by atoms with van der Waals surface area (Å²) in [4.78, 5) is 0.100. The summed E-state index contributed by atoms with van der Waals surface area (Å²) in [6.45, 7) is 0.356. The molecule has 0 aliphatic rings. The van der Waals surface area contributed by atoms with Gasteiger partial charge in [-0.25, -0.2) is 8.42 Å². The van der Waals surface area contributed by atoms with E-state index < -0.39 is 10.0 Å². The Morgan fingerprint density at radius 1 is 1.44 bits per heavy atom. The van der Waals surface area contributed by atoms with Crippen molar-refractivity contribution in [3.05, 3.63) is 28.8 Å². The summed E-state index contributed by atoms with van der Waals surface area (Å²) < 4.78 is 30.3. The predicted molar refractivity (Wildman–Crippen MR) is 69.1 cm³/mol. The van der Waals surface area contributed by atoms with Crippen molar-refractivity contribution in [2.24, 2.45) is 0 Å². The Balaban J connectivity index is 3.01. The van der Waals surface area contributed by atoms with Crippen LogP contribution in [0.5, 0.6) is 0 Å². The fraction of sp³-hybridized carbons (Fsp3) is 0.455. The summed E-state index contributed by atoms with van der Waals surface area (Å²) >= 11 is 5.88. The van der Waals surface area contributed by atoms with Gasteiger partial charge in [0.15, 0.2) is 0 Å². The maximum absolute atomic E-state index is 12.1. The molecule has 0 radical (unpaired) electrons. The average molecular weight is 294 g/mol. The molecule has 1 rings (SSSR count). The van der Waals surface area contributed by atoms with Crippen molar-refractivity contribution in [1.82, 2.24) is 4.31 Å². The molecule has 0 unspecified atom stereocenters. The van der Waals surface area contributed by atoms with Crippen LogP contribution in [0.4, 0.5) is 0 Å². The standard InChI is InChI=1S/C11H16ClNO4S/c1-13(5-6-17-2)18(15,16)10-4-3-9(8-14)11(12)7-10/h3-4,7,14H,5-6,8H2,1-2H3. The van der Waals surface area contributed by atoms with Gasteiger partial charge in [-0.2, -0.15) is 4.31 Å². The van der Waals surface area contributed by atoms with Gasteiger partial charge in [0.2, 0.25) is 10.0 Å². The first kappa shape index (κ1) is 15.4. The van der Waals surface area contributed by atoms with Gasteiger partial charge in [-0.15, -0.1) is 0 Å². The Labute approximate surface area is 112 Å². The minimum absolute atomic E-state index is 0.100. The number of benzene rings is 1. The van der Waals surface area contributed by atoms with E-state index in [2.05, 4.69) is 0 Å². The van der Waals surface area contributed by atoms with Crippen molar-refractivity contribution in [2.45, 2.75) is 11.5 Å². The Kier molecular flexibility index (Phi) is 5.55. The molecule has 1 aromatic carbocycles. The smallest absolute Gasteiger partial charge is 0.242 e. The van der Waals surface area contributed by atoms with E-state index in [9.17, 15) is 8.42 Å². The number of methoxy groups -OCH3 is 1. The highest BCUT2D eigenvalue weighted by Crippen LogP contribution is 2.22. The summed E-state index contributed by atoms with van der Waals surface area (Å²) in [5, 5.41) is 9.21. The minimum atomic E-state index is -3.57. The summed E-state index contributed by atoms with van der Waals surface area (Å²) in [6, 6.07) is 4.27. The minimum Gasteiger partial charge on any atom is -0.392 e. The molecule has 1 aromatic rings. The number of nitrogens with zero attached hydrogens (tertiary/aromatic N) is 1. The first-order valence-electron chi connectivity index (χ1n) is 5.28. The summed E-state index contributed by atoms with van der Waals surface area (Å²) in [6.07, 6.45) is 0. The topological polar surface area (TPSA) is 66.8 Å². The van der Waals surface area contributed by atoms with Crippen LogP contribution in [0.1, 0.15) is 5.56 Å². The quantitative estimate of drug-likeness (QED) is 0.853. The molecule has 0 aliphatic carbocycles. The molecule has 7 heteroatoms. The lowest BCUT2D eigenvalue weighted by Crippen LogP contribution is -2.30. The number of sulfonamides is 1. The highest BCUT2D eigenvalue weighted by molar-refractivity contribution is 7.89. The molecular weight excluding hydrogens is 278 g/mol. The summed E-state index contributed by atoms with van der Waals surface area (Å²) in [7, 11) is -0.590. The van der Waals surface area contributed by atoms with Crippen LogP contribution < -0.4 is 0 Å². The third-order valence-corrected chi connectivity index (χ3v) is 4.72.